The summed E-state index contributed by atoms with van der Waals surface area (Å²) in [6.07, 6.45) is 0.708. The summed E-state index contributed by atoms with van der Waals surface area (Å²) >= 11 is 0. The molecule has 0 spiro atoms. The predicted octanol–water partition coefficient (Wildman–Crippen LogP) is 1.00. The number of ether oxygens (including phenoxy) is 2. The van der Waals surface area contributed by atoms with Crippen LogP contribution in [0.4, 0.5) is 0 Å². The maximum absolute atomic E-state index is 5.02. The van der Waals surface area contributed by atoms with E-state index >= 15 is 0 Å². The maximum Gasteiger partial charge on any atom is 0.131 e. The monoisotopic (exact) mass is 201 g/mol. The Morgan fingerprint density at radius 2 is 1.78 bits per heavy atom. The molecule has 0 aromatic carbocycles. The minimum atomic E-state index is -0.0139. The second-order valence-corrected chi connectivity index (χ2v) is 1.46. The third kappa shape index (κ3) is 4.27. The number of hydrogen-bond acceptors (Lipinski definition) is 2. The van der Waals surface area contributed by atoms with E-state index in [0.29, 0.717) is 0 Å². The van der Waals surface area contributed by atoms with Crippen molar-refractivity contribution < 1.29 is 29.0 Å². The quantitative estimate of drug-likeness (QED) is 0.467. The molecule has 1 rings (SSSR count). The summed E-state index contributed by atoms with van der Waals surface area (Å²) in [4.78, 5) is 0. The first-order valence-electron chi connectivity index (χ1n) is 2.46. The van der Waals surface area contributed by atoms with E-state index in [1.807, 2.05) is 0 Å². The molecule has 1 heterocycles. The van der Waals surface area contributed by atoms with E-state index in [4.69, 9.17) is 9.47 Å². The molecule has 0 aromatic rings. The van der Waals surface area contributed by atoms with Crippen LogP contribution < -0.4 is 0 Å². The van der Waals surface area contributed by atoms with Crippen molar-refractivity contribution in [2.75, 3.05) is 13.2 Å². The standard InChI is InChI=1S/C5H9O2.ClH.Zn/c1-2-5-6-3-4-7-5;;/h5H,1-4H2;1H;/q-1;;. The molecule has 1 saturated heterocycles. The van der Waals surface area contributed by atoms with Crippen LogP contribution >= 0.6 is 12.4 Å². The largest absolute Gasteiger partial charge is 0.353 e. The van der Waals surface area contributed by atoms with Gasteiger partial charge >= 0.3 is 0 Å². The van der Waals surface area contributed by atoms with Crippen LogP contribution in [0.2, 0.25) is 0 Å². The van der Waals surface area contributed by atoms with E-state index in [2.05, 4.69) is 6.92 Å². The van der Waals surface area contributed by atoms with Gasteiger partial charge in [0, 0.05) is 19.5 Å². The molecule has 4 heteroatoms. The van der Waals surface area contributed by atoms with Gasteiger partial charge in [-0.3, -0.25) is 0 Å². The van der Waals surface area contributed by atoms with E-state index in [0.717, 1.165) is 19.6 Å². The molecule has 9 heavy (non-hydrogen) atoms. The fourth-order valence-corrected chi connectivity index (χ4v) is 0.574. The van der Waals surface area contributed by atoms with Crippen LogP contribution in [0.1, 0.15) is 6.42 Å². The Labute approximate surface area is 74.5 Å². The Hall–Kier alpha value is 0.833. The van der Waals surface area contributed by atoms with Crippen molar-refractivity contribution in [1.82, 2.24) is 0 Å². The van der Waals surface area contributed by atoms with E-state index in [1.54, 1.807) is 0 Å². The predicted molar refractivity (Wildman–Crippen MR) is 32.9 cm³/mol. The van der Waals surface area contributed by atoms with Gasteiger partial charge in [-0.2, -0.15) is 0 Å². The second kappa shape index (κ2) is 6.95. The molecular weight excluding hydrogens is 193 g/mol. The molecule has 0 unspecified atom stereocenters. The van der Waals surface area contributed by atoms with Gasteiger partial charge in [-0.05, 0) is 0 Å². The first-order valence-corrected chi connectivity index (χ1v) is 2.46. The summed E-state index contributed by atoms with van der Waals surface area (Å²) in [5, 5.41) is 0. The van der Waals surface area contributed by atoms with Crippen molar-refractivity contribution in [3.05, 3.63) is 6.92 Å². The molecular formula is C5H10ClO2Zn-. The van der Waals surface area contributed by atoms with E-state index in [1.165, 1.54) is 0 Å². The summed E-state index contributed by atoms with van der Waals surface area (Å²) in [6.45, 7) is 5.09. The molecule has 0 amide bonds. The molecule has 52 valence electrons. The summed E-state index contributed by atoms with van der Waals surface area (Å²) in [5.74, 6) is 0. The average molecular weight is 203 g/mol. The van der Waals surface area contributed by atoms with Gasteiger partial charge in [0.2, 0.25) is 0 Å². The zero-order valence-electron chi connectivity index (χ0n) is 5.34. The summed E-state index contributed by atoms with van der Waals surface area (Å²) < 4.78 is 10.0. The normalized spacial score (nSPS) is 18.3. The minimum Gasteiger partial charge on any atom is -0.353 e. The Kier molecular flexibility index (Phi) is 9.65. The fraction of sp³-hybridized carbons (Fsp3) is 0.800. The zero-order valence-corrected chi connectivity index (χ0v) is 9.12. The fourth-order valence-electron chi connectivity index (χ4n) is 0.574. The number of rotatable bonds is 1. The van der Waals surface area contributed by atoms with Gasteiger partial charge in [-0.15, -0.1) is 18.8 Å². The minimum absolute atomic E-state index is 0. The van der Waals surface area contributed by atoms with E-state index < -0.39 is 0 Å². The summed E-state index contributed by atoms with van der Waals surface area (Å²) in [6, 6.07) is 0. The number of halogens is 1. The molecule has 0 saturated carbocycles. The maximum atomic E-state index is 5.02. The van der Waals surface area contributed by atoms with Crippen molar-refractivity contribution in [3.63, 3.8) is 0 Å². The van der Waals surface area contributed by atoms with Crippen LogP contribution in [0.3, 0.4) is 0 Å². The van der Waals surface area contributed by atoms with Gasteiger partial charge in [0.25, 0.3) is 0 Å². The number of hydrogen-bond donors (Lipinski definition) is 0. The molecule has 1 aliphatic rings. The molecule has 0 aromatic heterocycles. The van der Waals surface area contributed by atoms with E-state index in [-0.39, 0.29) is 38.2 Å². The van der Waals surface area contributed by atoms with Crippen LogP contribution in [0, 0.1) is 6.92 Å². The van der Waals surface area contributed by atoms with Crippen molar-refractivity contribution in [2.24, 2.45) is 0 Å². The molecule has 0 aliphatic carbocycles. The second-order valence-electron chi connectivity index (χ2n) is 1.46. The third-order valence-electron chi connectivity index (χ3n) is 0.927. The van der Waals surface area contributed by atoms with Gasteiger partial charge in [-0.1, -0.05) is 0 Å². The van der Waals surface area contributed by atoms with Gasteiger partial charge in [0.1, 0.15) is 6.29 Å². The van der Waals surface area contributed by atoms with Crippen molar-refractivity contribution in [2.45, 2.75) is 12.7 Å². The molecule has 0 radical (unpaired) electrons. The summed E-state index contributed by atoms with van der Waals surface area (Å²) in [5.41, 5.74) is 0. The first-order chi connectivity index (χ1) is 3.43. The molecule has 0 atom stereocenters. The topological polar surface area (TPSA) is 18.5 Å². The van der Waals surface area contributed by atoms with Gasteiger partial charge < -0.3 is 16.4 Å². The molecule has 1 fully saturated rings. The van der Waals surface area contributed by atoms with Crippen molar-refractivity contribution >= 4 is 12.4 Å². The van der Waals surface area contributed by atoms with Crippen molar-refractivity contribution in [3.8, 4) is 0 Å². The van der Waals surface area contributed by atoms with Crippen molar-refractivity contribution in [1.29, 1.82) is 0 Å². The van der Waals surface area contributed by atoms with Crippen LogP contribution in [0.5, 0.6) is 0 Å². The van der Waals surface area contributed by atoms with Gasteiger partial charge in [-0.25, -0.2) is 0 Å². The SMILES string of the molecule is Cl.[CH2-]CC1OCCO1.[Zn]. The summed E-state index contributed by atoms with van der Waals surface area (Å²) in [7, 11) is 0. The van der Waals surface area contributed by atoms with Crippen LogP contribution in [-0.4, -0.2) is 19.5 Å². The Morgan fingerprint density at radius 1 is 1.33 bits per heavy atom. The molecule has 1 aliphatic heterocycles. The van der Waals surface area contributed by atoms with Gasteiger partial charge in [0.05, 0.1) is 13.2 Å². The third-order valence-corrected chi connectivity index (χ3v) is 0.927. The van der Waals surface area contributed by atoms with Crippen LogP contribution in [-0.2, 0) is 29.0 Å². The molecule has 2 nitrogen and oxygen atoms in total. The Balaban J connectivity index is 0. The first kappa shape index (κ1) is 12.5. The zero-order chi connectivity index (χ0) is 5.11. The average Bonchev–Trinajstić information content (AvgIpc) is 2.14. The van der Waals surface area contributed by atoms with Gasteiger partial charge in [0.15, 0.2) is 0 Å². The molecule has 0 bridgehead atoms. The van der Waals surface area contributed by atoms with Crippen LogP contribution in [0.15, 0.2) is 0 Å². The molecule has 0 N–H and O–H groups in total. The van der Waals surface area contributed by atoms with Crippen LogP contribution in [0.25, 0.3) is 0 Å². The smallest absolute Gasteiger partial charge is 0.131 e. The Bertz CT molecular complexity index is 56.9. The van der Waals surface area contributed by atoms with E-state index in [9.17, 15) is 0 Å². The Morgan fingerprint density at radius 3 is 2.00 bits per heavy atom.